The summed E-state index contributed by atoms with van der Waals surface area (Å²) in [4.78, 5) is 21.5. The van der Waals surface area contributed by atoms with Crippen LogP contribution in [-0.2, 0) is 2750 Å². The Morgan fingerprint density at radius 3 is 0.585 bits per heavy atom. The number of amidine groups is 4. The zero-order chi connectivity index (χ0) is 35.9. The fourth-order valence-corrected chi connectivity index (χ4v) is 7.91. The molecule has 1 unspecified atom stereocenters. The maximum atomic E-state index is 5.40. The first-order valence-corrected chi connectivity index (χ1v) is 18.1. The Labute approximate surface area is 2930 Å². The van der Waals surface area contributed by atoms with Crippen molar-refractivity contribution in [2.75, 3.05) is 0 Å². The number of rotatable bonds is 0. The average molecular weight is 8130 g/mol. The van der Waals surface area contributed by atoms with E-state index in [1.54, 1.807) is 0 Å². The molecule has 4 aromatic carbocycles. The van der Waals surface area contributed by atoms with Crippen LogP contribution in [0.4, 0.5) is 11.6 Å². The summed E-state index contributed by atoms with van der Waals surface area (Å²) in [5.41, 5.74) is 7.31. The van der Waals surface area contributed by atoms with Crippen LogP contribution >= 0.6 is 0 Å². The van der Waals surface area contributed by atoms with Gasteiger partial charge in [0.1, 0.15) is 34.6 Å². The van der Waals surface area contributed by atoms with Gasteiger partial charge in [-0.15, -0.1) is 47.5 Å². The second-order valence-corrected chi connectivity index (χ2v) is 11.5. The van der Waals surface area contributed by atoms with Crippen molar-refractivity contribution in [2.24, 2.45) is 20.0 Å². The van der Waals surface area contributed by atoms with E-state index in [2.05, 4.69) is 80.7 Å². The number of aliphatic imine (C=N–C) groups is 2. The Morgan fingerprint density at radius 2 is 0.370 bits per heavy atom. The Hall–Kier alpha value is 87.0. The molecule has 6 aliphatic rings. The molecule has 0 saturated heterocycles. The summed E-state index contributed by atoms with van der Waals surface area (Å²) < 4.78 is 8.98. The van der Waals surface area contributed by atoms with Crippen molar-refractivity contribution >= 4 is 56.5 Å². The van der Waals surface area contributed by atoms with E-state index in [1.165, 1.54) is 0 Å². The summed E-state index contributed by atoms with van der Waals surface area (Å²) in [5.74, 6) is 3.62. The van der Waals surface area contributed by atoms with Crippen LogP contribution in [0.25, 0.3) is 21.5 Å². The average Bonchev–Trinajstić information content (AvgIpc) is 3.91. The molecule has 0 N–H and O–H groups in total. The van der Waals surface area contributed by atoms with Crippen LogP contribution in [0.2, 0.25) is 0 Å². The predicted octanol–water partition coefficient (Wildman–Crippen LogP) is 7.02. The Kier molecular flexibility index (Phi) is 1300. The zero-order valence-electron chi connectivity index (χ0n) is 79.2. The maximum Gasteiger partial charge on any atom is 0.352 e. The molecular formula is C43H38N8Y84-4. The number of aryl methyl sites for hydroxylation is 2. The van der Waals surface area contributed by atoms with Crippen LogP contribution in [0.5, 0.6) is 0 Å². The van der Waals surface area contributed by atoms with E-state index in [4.69, 9.17) is 20.0 Å². The Bertz CT molecular complexity index is 2880. The van der Waals surface area contributed by atoms with E-state index in [0.717, 1.165) is 101 Å². The van der Waals surface area contributed by atoms with Gasteiger partial charge >= 0.3 is 5.91 Å². The van der Waals surface area contributed by atoms with Crippen LogP contribution in [0.1, 0.15) is 88.8 Å². The fourth-order valence-electron chi connectivity index (χ4n) is 7.91. The van der Waals surface area contributed by atoms with Gasteiger partial charge in [-0.25, -0.2) is 57.7 Å². The number of hydrogen-bond acceptors (Lipinski definition) is 4. The first-order valence-electron chi connectivity index (χ1n) is 18.1. The maximum absolute atomic E-state index is 5.40. The number of hydrogen-bond donors (Lipinski definition) is 0. The molecule has 1 atom stereocenters. The third kappa shape index (κ3) is 182. The molecule has 506 valence electrons. The van der Waals surface area contributed by atoms with Crippen LogP contribution < -0.4 is 11.0 Å². The number of aromatic nitrogens is 2. The van der Waals surface area contributed by atoms with Crippen LogP contribution in [0, 0.1) is 50.2 Å². The Morgan fingerprint density at radius 1 is 0.193 bits per heavy atom. The molecule has 1 spiro atoms. The minimum absolute atomic E-state index is 0. The predicted molar refractivity (Wildman–Crippen MR) is 201 cm³/mol. The fraction of sp³-hybridized carbons (Fsp3) is 0.256. The van der Waals surface area contributed by atoms with E-state index in [0.29, 0.717) is 0 Å². The summed E-state index contributed by atoms with van der Waals surface area (Å²) in [7, 11) is 0. The monoisotopic (exact) mass is 8130 g/mol. The Balaban J connectivity index is -0.00000000477. The number of fused-ring (bicyclic) bond motifs is 12. The van der Waals surface area contributed by atoms with Crippen LogP contribution in [0.15, 0.2) is 68.5 Å². The molecule has 0 aliphatic carbocycles. The topological polar surface area (TPSA) is 65.3 Å². The van der Waals surface area contributed by atoms with Crippen molar-refractivity contribution in [3.63, 3.8) is 0 Å². The summed E-state index contributed by atoms with van der Waals surface area (Å²) in [6, 6.07) is 36.6. The standard InChI is InChI=1S/C35H14N8.4C2H6.84Y/c1-17-9-7-15-23-25(17)33-38-29-21-13-5-6-14-22(21)30-39-34-26-18(2)10-8-16-24(26)32-37-28-20-12-4-3-11-19(20)27-36-31(23)42(33)35(40(27)28,41(29)30)43(32)34;4*1-2;;;;;;;;;;;;;;;;;;;;;;;;;;;;;;;;;;;;;;;;;;;;;;;;;;;;;;;;;;;;;;;;;;;;;;;;;;;;;;;;;;;;/h3-10H,1-2H3;4*1-2H3;;;;;;;;;;;;;;;;;;;;;;;;;;;;;;;;;;;;;;;;;;;;;;;;;;;;;;;;;;;;;;;;;;;;;;;;;;;;;;;;;;;;/q-4;;;;;;;;;;;;;;;;;;;;;;;;;;;;;;;;;;;;;;;;;;;;;;;;;;;;;;;;;;;;;;;;;;;;;;;;;;;;;;;;;;;;;;;;. The molecule has 0 amide bonds. The van der Waals surface area contributed by atoms with Gasteiger partial charge in [0, 0.05) is 2750 Å². The van der Waals surface area contributed by atoms with E-state index in [-0.39, 0.29) is 2750 Å². The second-order valence-electron chi connectivity index (χ2n) is 11.5. The van der Waals surface area contributed by atoms with Gasteiger partial charge in [-0.05, 0) is 10.8 Å². The van der Waals surface area contributed by atoms with Crippen molar-refractivity contribution in [2.45, 2.75) is 75.1 Å². The van der Waals surface area contributed by atoms with E-state index < -0.39 is 5.91 Å². The van der Waals surface area contributed by atoms with Crippen LogP contribution in [-0.4, -0.2) is 41.6 Å². The summed E-state index contributed by atoms with van der Waals surface area (Å²) in [6.45, 7) is 20.2. The smallest absolute Gasteiger partial charge is 0.253 e. The summed E-state index contributed by atoms with van der Waals surface area (Å²) in [6.07, 6.45) is 0. The molecule has 0 fully saturated rings. The molecule has 6 aliphatic heterocycles. The SMILES string of the molecule is CC.CC.CC.CC.Cc1cc[c-]c2c3n4c(c12)N=C1c2[c-]cc[c-]c2C2=[N+]1C41n4c(c5[c-]ccc(C)c5c4=N2)=NC2=[N+]1C(=N3)c1[c-]cc[c-]c12.[Y].[Y].[Y].[Y].[Y].[Y].[Y].[Y].[Y].[Y].[Y].[Y].[Y].[Y].[Y].[Y].[Y].[Y].[Y].[Y].[Y].[Y].[Y].[Y].[Y].[Y].[Y].[Y].[Y].[Y].[Y].[Y].[Y].[Y].[Y].[Y].[Y].[Y].[Y].[Y].[Y].[Y].[Y].[Y].[Y].[Y].[Y].[Y].[Y].[Y].[Y].[Y].[Y].[Y].[Y].[Y].[Y].[Y].[Y].[Y].[Y].[Y].[Y].[Y].[Y].[Y].[Y].[Y].[Y].[Y].[Y].[Y].[Y].[Y].[Y].[Y].[Y].[Y].[Y].[Y].[Y].[Y].[Y].[Y]. The van der Waals surface area contributed by atoms with Crippen molar-refractivity contribution in [3.05, 3.63) is 129 Å². The third-order valence-electron chi connectivity index (χ3n) is 9.52. The second kappa shape index (κ2) is 341. The van der Waals surface area contributed by atoms with Gasteiger partial charge in [-0.1, -0.05) is 80.0 Å². The van der Waals surface area contributed by atoms with Crippen LogP contribution in [0.3, 0.4) is 0 Å². The quantitative estimate of drug-likeness (QED) is 0.116. The molecule has 2 aromatic heterocycles. The zero-order valence-corrected chi connectivity index (χ0v) is 318. The molecule has 8 heterocycles. The van der Waals surface area contributed by atoms with Crippen molar-refractivity contribution in [1.29, 1.82) is 0 Å². The minimum Gasteiger partial charge on any atom is -0.253 e. The van der Waals surface area contributed by atoms with Gasteiger partial charge in [0.15, 0.2) is 11.3 Å². The first-order chi connectivity index (χ1) is 25.2. The normalized spacial score (nSPS) is 6.68. The van der Waals surface area contributed by atoms with Gasteiger partial charge < -0.3 is 0 Å². The largest absolute Gasteiger partial charge is 0.352 e. The van der Waals surface area contributed by atoms with Gasteiger partial charge in [-0.2, -0.15) is 42.2 Å². The molecule has 0 bridgehead atoms. The summed E-state index contributed by atoms with van der Waals surface area (Å²) in [5, 5.41) is 3.90. The molecule has 135 heavy (non-hydrogen) atoms. The van der Waals surface area contributed by atoms with Crippen molar-refractivity contribution in [3.8, 4) is 0 Å². The third-order valence-corrected chi connectivity index (χ3v) is 9.52. The van der Waals surface area contributed by atoms with Gasteiger partial charge in [0.2, 0.25) is 0 Å². The molecule has 12 rings (SSSR count). The van der Waals surface area contributed by atoms with Crippen molar-refractivity contribution in [1.82, 2.24) is 9.13 Å². The molecule has 8 nitrogen and oxygen atoms in total. The van der Waals surface area contributed by atoms with Gasteiger partial charge in [0.25, 0.3) is 0 Å². The number of nitrogens with zero attached hydrogens (tertiary/aromatic N) is 8. The molecule has 84 radical (unpaired) electrons. The van der Waals surface area contributed by atoms with Crippen molar-refractivity contribution < 1.29 is 2760 Å². The number of benzene rings is 4. The molecule has 6 aromatic rings. The molecule has 0 saturated carbocycles. The van der Waals surface area contributed by atoms with Gasteiger partial charge in [0.05, 0.1) is 0 Å². The molecular weight excluding hydrogens is 8100 g/mol. The minimum atomic E-state index is -1.06. The molecule has 92 heteroatoms. The van der Waals surface area contributed by atoms with Gasteiger partial charge in [-0.3, -0.25) is 9.15 Å². The summed E-state index contributed by atoms with van der Waals surface area (Å²) >= 11 is 0. The van der Waals surface area contributed by atoms with E-state index >= 15 is 0 Å². The van der Waals surface area contributed by atoms with E-state index in [9.17, 15) is 0 Å². The van der Waals surface area contributed by atoms with E-state index in [1.807, 2.05) is 91.8 Å². The first kappa shape index (κ1) is 516.